The summed E-state index contributed by atoms with van der Waals surface area (Å²) in [7, 11) is 0. The minimum atomic E-state index is -0.0430. The molecule has 1 N–H and O–H groups in total. The molecular formula is C15H19Cl2N3. The van der Waals surface area contributed by atoms with Crippen LogP contribution in [-0.2, 0) is 6.54 Å². The topological polar surface area (TPSA) is 29.9 Å². The van der Waals surface area contributed by atoms with E-state index in [1.54, 1.807) is 6.20 Å². The minimum absolute atomic E-state index is 0.0430. The summed E-state index contributed by atoms with van der Waals surface area (Å²) in [5, 5.41) is 9.24. The van der Waals surface area contributed by atoms with Crippen molar-refractivity contribution in [1.82, 2.24) is 15.1 Å². The maximum Gasteiger partial charge on any atom is 0.0837 e. The number of aromatic nitrogens is 2. The number of nitrogens with zero attached hydrogens (tertiary/aromatic N) is 2. The predicted molar refractivity (Wildman–Crippen MR) is 84.5 cm³/mol. The van der Waals surface area contributed by atoms with Crippen LogP contribution in [0.5, 0.6) is 0 Å². The molecular weight excluding hydrogens is 293 g/mol. The first kappa shape index (κ1) is 15.4. The van der Waals surface area contributed by atoms with Gasteiger partial charge in [-0.3, -0.25) is 4.68 Å². The number of nitrogens with one attached hydrogen (secondary N) is 1. The lowest BCUT2D eigenvalue weighted by atomic mass is 10.0. The van der Waals surface area contributed by atoms with Gasteiger partial charge in [-0.15, -0.1) is 0 Å². The molecule has 1 aromatic heterocycles. The zero-order chi connectivity index (χ0) is 14.5. The van der Waals surface area contributed by atoms with E-state index in [-0.39, 0.29) is 6.04 Å². The van der Waals surface area contributed by atoms with E-state index >= 15 is 0 Å². The molecule has 1 aromatic carbocycles. The fraction of sp³-hybridized carbons (Fsp3) is 0.400. The largest absolute Gasteiger partial charge is 0.305 e. The summed E-state index contributed by atoms with van der Waals surface area (Å²) in [6.45, 7) is 5.85. The summed E-state index contributed by atoms with van der Waals surface area (Å²) in [5.41, 5.74) is 2.00. The summed E-state index contributed by atoms with van der Waals surface area (Å²) in [5.74, 6) is 0. The fourth-order valence-corrected chi connectivity index (χ4v) is 2.76. The average molecular weight is 312 g/mol. The van der Waals surface area contributed by atoms with Crippen molar-refractivity contribution < 1.29 is 0 Å². The molecule has 2 aromatic rings. The van der Waals surface area contributed by atoms with Gasteiger partial charge in [0.25, 0.3) is 0 Å². The quantitative estimate of drug-likeness (QED) is 0.862. The number of hydrogen-bond donors (Lipinski definition) is 1. The second kappa shape index (κ2) is 7.11. The molecule has 5 heteroatoms. The minimum Gasteiger partial charge on any atom is -0.305 e. The van der Waals surface area contributed by atoms with Crippen molar-refractivity contribution in [2.75, 3.05) is 6.54 Å². The standard InChI is InChI=1S/C15H19Cl2N3/c1-3-9-18-14(11-7-5-6-8-12(11)16)15-13(17)10-19-20(15)4-2/h5-8,10,14,18H,3-4,9H2,1-2H3. The maximum atomic E-state index is 6.35. The number of benzene rings is 1. The predicted octanol–water partition coefficient (Wildman–Crippen LogP) is 4.30. The Hall–Kier alpha value is -1.03. The normalized spacial score (nSPS) is 12.6. The Bertz CT molecular complexity index is 566. The van der Waals surface area contributed by atoms with Crippen LogP contribution in [0.25, 0.3) is 0 Å². The lowest BCUT2D eigenvalue weighted by Crippen LogP contribution is -2.26. The van der Waals surface area contributed by atoms with Crippen LogP contribution in [-0.4, -0.2) is 16.3 Å². The van der Waals surface area contributed by atoms with Crippen LogP contribution in [0.2, 0.25) is 10.0 Å². The lowest BCUT2D eigenvalue weighted by Gasteiger charge is -2.21. The first-order valence-corrected chi connectivity index (χ1v) is 7.63. The third-order valence-corrected chi connectivity index (χ3v) is 3.86. The smallest absolute Gasteiger partial charge is 0.0837 e. The van der Waals surface area contributed by atoms with Gasteiger partial charge in [0.2, 0.25) is 0 Å². The third-order valence-electron chi connectivity index (χ3n) is 3.22. The van der Waals surface area contributed by atoms with Gasteiger partial charge in [0.15, 0.2) is 0 Å². The summed E-state index contributed by atoms with van der Waals surface area (Å²) in [6.07, 6.45) is 2.73. The van der Waals surface area contributed by atoms with Crippen LogP contribution in [0.3, 0.4) is 0 Å². The molecule has 0 fully saturated rings. The molecule has 1 unspecified atom stereocenters. The van der Waals surface area contributed by atoms with Crippen molar-refractivity contribution in [3.63, 3.8) is 0 Å². The fourth-order valence-electron chi connectivity index (χ4n) is 2.26. The van der Waals surface area contributed by atoms with Crippen molar-refractivity contribution in [3.05, 3.63) is 51.8 Å². The average Bonchev–Trinajstić information content (AvgIpc) is 2.82. The van der Waals surface area contributed by atoms with E-state index in [1.807, 2.05) is 28.9 Å². The van der Waals surface area contributed by atoms with Crippen LogP contribution >= 0.6 is 23.2 Å². The molecule has 3 nitrogen and oxygen atoms in total. The van der Waals surface area contributed by atoms with E-state index in [0.29, 0.717) is 5.02 Å². The van der Waals surface area contributed by atoms with Crippen molar-refractivity contribution >= 4 is 23.2 Å². The highest BCUT2D eigenvalue weighted by Gasteiger charge is 2.22. The van der Waals surface area contributed by atoms with Gasteiger partial charge in [0, 0.05) is 11.6 Å². The van der Waals surface area contributed by atoms with Gasteiger partial charge in [-0.25, -0.2) is 0 Å². The van der Waals surface area contributed by atoms with E-state index in [1.165, 1.54) is 0 Å². The second-order valence-electron chi connectivity index (χ2n) is 4.60. The van der Waals surface area contributed by atoms with Crippen LogP contribution in [0.15, 0.2) is 30.5 Å². The van der Waals surface area contributed by atoms with Crippen molar-refractivity contribution in [2.24, 2.45) is 0 Å². The molecule has 0 radical (unpaired) electrons. The van der Waals surface area contributed by atoms with Crippen molar-refractivity contribution in [3.8, 4) is 0 Å². The van der Waals surface area contributed by atoms with Gasteiger partial charge < -0.3 is 5.32 Å². The summed E-state index contributed by atoms with van der Waals surface area (Å²) < 4.78 is 1.92. The Morgan fingerprint density at radius 2 is 1.95 bits per heavy atom. The molecule has 0 bridgehead atoms. The Morgan fingerprint density at radius 1 is 1.20 bits per heavy atom. The number of halogens is 2. The molecule has 0 aliphatic rings. The van der Waals surface area contributed by atoms with E-state index in [0.717, 1.165) is 35.8 Å². The van der Waals surface area contributed by atoms with Gasteiger partial charge in [0.05, 0.1) is 23.0 Å². The summed E-state index contributed by atoms with van der Waals surface area (Å²) in [6, 6.07) is 7.81. The highest BCUT2D eigenvalue weighted by Crippen LogP contribution is 2.32. The van der Waals surface area contributed by atoms with Crippen molar-refractivity contribution in [1.29, 1.82) is 0 Å². The van der Waals surface area contributed by atoms with Crippen LogP contribution in [0.1, 0.15) is 37.6 Å². The first-order valence-electron chi connectivity index (χ1n) is 6.88. The van der Waals surface area contributed by atoms with E-state index in [9.17, 15) is 0 Å². The van der Waals surface area contributed by atoms with Crippen LogP contribution in [0.4, 0.5) is 0 Å². The third kappa shape index (κ3) is 3.17. The van der Waals surface area contributed by atoms with Crippen LogP contribution in [0, 0.1) is 0 Å². The zero-order valence-corrected chi connectivity index (χ0v) is 13.2. The van der Waals surface area contributed by atoms with Gasteiger partial charge in [-0.2, -0.15) is 5.10 Å². The van der Waals surface area contributed by atoms with Gasteiger partial charge in [-0.05, 0) is 31.5 Å². The molecule has 20 heavy (non-hydrogen) atoms. The lowest BCUT2D eigenvalue weighted by molar-refractivity contribution is 0.530. The summed E-state index contributed by atoms with van der Waals surface area (Å²) in [4.78, 5) is 0. The highest BCUT2D eigenvalue weighted by molar-refractivity contribution is 6.32. The molecule has 0 spiro atoms. The molecule has 0 saturated heterocycles. The van der Waals surface area contributed by atoms with Crippen LogP contribution < -0.4 is 5.32 Å². The van der Waals surface area contributed by atoms with E-state index in [2.05, 4.69) is 24.3 Å². The summed E-state index contributed by atoms with van der Waals surface area (Å²) >= 11 is 12.7. The molecule has 0 aliphatic heterocycles. The Balaban J connectivity index is 2.47. The van der Waals surface area contributed by atoms with Gasteiger partial charge >= 0.3 is 0 Å². The SMILES string of the molecule is CCCNC(c1ccccc1Cl)c1c(Cl)cnn1CC. The van der Waals surface area contributed by atoms with Gasteiger partial charge in [-0.1, -0.05) is 48.3 Å². The molecule has 1 atom stereocenters. The number of aryl methyl sites for hydroxylation is 1. The maximum absolute atomic E-state index is 6.35. The number of hydrogen-bond acceptors (Lipinski definition) is 2. The highest BCUT2D eigenvalue weighted by atomic mass is 35.5. The monoisotopic (exact) mass is 311 g/mol. The molecule has 108 valence electrons. The molecule has 0 saturated carbocycles. The molecule has 0 aliphatic carbocycles. The van der Waals surface area contributed by atoms with E-state index in [4.69, 9.17) is 23.2 Å². The Kier molecular flexibility index (Phi) is 5.46. The van der Waals surface area contributed by atoms with Gasteiger partial charge in [0.1, 0.15) is 0 Å². The number of rotatable bonds is 6. The molecule has 0 amide bonds. The first-order chi connectivity index (χ1) is 9.69. The zero-order valence-electron chi connectivity index (χ0n) is 11.7. The second-order valence-corrected chi connectivity index (χ2v) is 5.42. The Labute approximate surface area is 129 Å². The van der Waals surface area contributed by atoms with Crippen molar-refractivity contribution in [2.45, 2.75) is 32.9 Å². The van der Waals surface area contributed by atoms with E-state index < -0.39 is 0 Å². The molecule has 2 rings (SSSR count). The molecule has 1 heterocycles. The Morgan fingerprint density at radius 3 is 2.60 bits per heavy atom.